The van der Waals surface area contributed by atoms with Crippen molar-refractivity contribution in [3.8, 4) is 0 Å². The molecule has 14 heavy (non-hydrogen) atoms. The van der Waals surface area contributed by atoms with Gasteiger partial charge in [0.15, 0.2) is 0 Å². The zero-order chi connectivity index (χ0) is 10.5. The summed E-state index contributed by atoms with van der Waals surface area (Å²) in [6, 6.07) is 0. The number of piperidine rings is 1. The second kappa shape index (κ2) is 2.96. The fraction of sp³-hybridized carbons (Fsp3) is 0.909. The molecule has 1 saturated heterocycles. The summed E-state index contributed by atoms with van der Waals surface area (Å²) in [5.74, 6) is 1.70. The Morgan fingerprint density at radius 3 is 2.50 bits per heavy atom. The fourth-order valence-corrected chi connectivity index (χ4v) is 2.65. The Kier molecular flexibility index (Phi) is 2.11. The Balaban J connectivity index is 1.93. The summed E-state index contributed by atoms with van der Waals surface area (Å²) in [6.45, 7) is 9.03. The van der Waals surface area contributed by atoms with Crippen molar-refractivity contribution in [1.29, 1.82) is 0 Å². The number of likely N-dealkylation sites (tertiary alicyclic amines) is 1. The first-order chi connectivity index (χ1) is 6.44. The van der Waals surface area contributed by atoms with Gasteiger partial charge in [0.05, 0.1) is 0 Å². The molecule has 0 bridgehead atoms. The summed E-state index contributed by atoms with van der Waals surface area (Å²) in [7, 11) is 0. The molecule has 80 valence electrons. The number of nitrogens with zero attached hydrogens (tertiary/aromatic N) is 1. The minimum absolute atomic E-state index is 0.213. The number of carbonyl (C=O) groups is 1. The van der Waals surface area contributed by atoms with Crippen LogP contribution >= 0.6 is 0 Å². The van der Waals surface area contributed by atoms with Crippen LogP contribution in [0.5, 0.6) is 0 Å². The molecule has 1 aliphatic heterocycles. The molecule has 0 aromatic heterocycles. The van der Waals surface area contributed by atoms with E-state index in [9.17, 15) is 4.79 Å². The average Bonchev–Trinajstić information content (AvgIpc) is 2.64. The maximum atomic E-state index is 11.9. The minimum atomic E-state index is 0.213. The van der Waals surface area contributed by atoms with Crippen LogP contribution in [0, 0.1) is 23.2 Å². The van der Waals surface area contributed by atoms with Gasteiger partial charge in [-0.3, -0.25) is 4.79 Å². The molecule has 2 fully saturated rings. The van der Waals surface area contributed by atoms with E-state index in [0.717, 1.165) is 13.1 Å². The van der Waals surface area contributed by atoms with Gasteiger partial charge in [0.2, 0.25) is 5.91 Å². The molecule has 3 unspecified atom stereocenters. The molecule has 0 aromatic carbocycles. The first-order valence-electron chi connectivity index (χ1n) is 5.43. The molecule has 1 aliphatic carbocycles. The first-order valence-corrected chi connectivity index (χ1v) is 5.43. The van der Waals surface area contributed by atoms with Crippen LogP contribution in [0.4, 0.5) is 0 Å². The molecule has 3 nitrogen and oxygen atoms in total. The van der Waals surface area contributed by atoms with E-state index in [4.69, 9.17) is 5.73 Å². The van der Waals surface area contributed by atoms with E-state index in [1.807, 2.05) is 4.90 Å². The maximum absolute atomic E-state index is 11.9. The summed E-state index contributed by atoms with van der Waals surface area (Å²) >= 11 is 0. The second-order valence-corrected chi connectivity index (χ2v) is 5.87. The van der Waals surface area contributed by atoms with Gasteiger partial charge in [-0.1, -0.05) is 20.8 Å². The van der Waals surface area contributed by atoms with Crippen LogP contribution in [-0.2, 0) is 4.79 Å². The van der Waals surface area contributed by atoms with Crippen molar-refractivity contribution in [2.24, 2.45) is 28.9 Å². The van der Waals surface area contributed by atoms with Crippen LogP contribution in [0.3, 0.4) is 0 Å². The van der Waals surface area contributed by atoms with Gasteiger partial charge in [-0.05, 0) is 23.8 Å². The Morgan fingerprint density at radius 2 is 2.14 bits per heavy atom. The van der Waals surface area contributed by atoms with Gasteiger partial charge in [-0.25, -0.2) is 0 Å². The van der Waals surface area contributed by atoms with Crippen LogP contribution in [0.25, 0.3) is 0 Å². The van der Waals surface area contributed by atoms with Gasteiger partial charge in [-0.15, -0.1) is 0 Å². The van der Waals surface area contributed by atoms with E-state index in [1.165, 1.54) is 0 Å². The third kappa shape index (κ3) is 1.54. The standard InChI is InChI=1S/C11H20N2O/c1-11(2,3)6-13-5-8-7(4-12)9(8)10(13)14/h7-9H,4-6,12H2,1-3H3. The number of hydrogen-bond donors (Lipinski definition) is 1. The fourth-order valence-electron chi connectivity index (χ4n) is 2.65. The molecule has 1 saturated carbocycles. The van der Waals surface area contributed by atoms with Crippen LogP contribution in [0.15, 0.2) is 0 Å². The third-order valence-corrected chi connectivity index (χ3v) is 3.30. The Morgan fingerprint density at radius 1 is 1.50 bits per heavy atom. The molecular formula is C11H20N2O. The van der Waals surface area contributed by atoms with Gasteiger partial charge in [0.1, 0.15) is 0 Å². The second-order valence-electron chi connectivity index (χ2n) is 5.87. The molecule has 3 heteroatoms. The average molecular weight is 196 g/mol. The topological polar surface area (TPSA) is 46.3 Å². The van der Waals surface area contributed by atoms with Crippen molar-refractivity contribution in [3.63, 3.8) is 0 Å². The Hall–Kier alpha value is -0.570. The lowest BCUT2D eigenvalue weighted by atomic mass is 9.96. The SMILES string of the molecule is CC(C)(C)CN1CC2C(CN)C2C1=O. The number of fused-ring (bicyclic) bond motifs is 1. The van der Waals surface area contributed by atoms with Crippen LogP contribution < -0.4 is 5.73 Å². The minimum Gasteiger partial charge on any atom is -0.342 e. The van der Waals surface area contributed by atoms with Crippen molar-refractivity contribution < 1.29 is 4.79 Å². The highest BCUT2D eigenvalue weighted by Gasteiger charge is 2.60. The zero-order valence-corrected chi connectivity index (χ0v) is 9.29. The number of hydrogen-bond acceptors (Lipinski definition) is 2. The molecule has 1 amide bonds. The molecular weight excluding hydrogens is 176 g/mol. The van der Waals surface area contributed by atoms with Crippen molar-refractivity contribution >= 4 is 5.91 Å². The molecule has 3 atom stereocenters. The van der Waals surface area contributed by atoms with Crippen LogP contribution in [0.2, 0.25) is 0 Å². The molecule has 2 aliphatic rings. The van der Waals surface area contributed by atoms with Gasteiger partial charge < -0.3 is 10.6 Å². The van der Waals surface area contributed by atoms with Crippen molar-refractivity contribution in [1.82, 2.24) is 4.90 Å². The number of rotatable bonds is 2. The highest BCUT2D eigenvalue weighted by Crippen LogP contribution is 2.52. The van der Waals surface area contributed by atoms with Gasteiger partial charge in [0.25, 0.3) is 0 Å². The van der Waals surface area contributed by atoms with Gasteiger partial charge >= 0.3 is 0 Å². The molecule has 0 spiro atoms. The normalized spacial score (nSPS) is 36.1. The lowest BCUT2D eigenvalue weighted by molar-refractivity contribution is -0.131. The number of amides is 1. The predicted molar refractivity (Wildman–Crippen MR) is 55.6 cm³/mol. The summed E-state index contributed by atoms with van der Waals surface area (Å²) in [5, 5.41) is 0. The third-order valence-electron chi connectivity index (χ3n) is 3.30. The Bertz CT molecular complexity index is 257. The summed E-state index contributed by atoms with van der Waals surface area (Å²) in [4.78, 5) is 13.9. The zero-order valence-electron chi connectivity index (χ0n) is 9.29. The molecule has 1 heterocycles. The van der Waals surface area contributed by atoms with Crippen molar-refractivity contribution in [3.05, 3.63) is 0 Å². The van der Waals surface area contributed by atoms with Crippen molar-refractivity contribution in [2.75, 3.05) is 19.6 Å². The summed E-state index contributed by atoms with van der Waals surface area (Å²) in [5.41, 5.74) is 5.80. The first kappa shape index (κ1) is 9.97. The summed E-state index contributed by atoms with van der Waals surface area (Å²) < 4.78 is 0. The van der Waals surface area contributed by atoms with E-state index in [0.29, 0.717) is 24.3 Å². The van der Waals surface area contributed by atoms with Crippen LogP contribution in [0.1, 0.15) is 20.8 Å². The van der Waals surface area contributed by atoms with E-state index < -0.39 is 0 Å². The van der Waals surface area contributed by atoms with Crippen molar-refractivity contribution in [2.45, 2.75) is 20.8 Å². The lowest BCUT2D eigenvalue weighted by Crippen LogP contribution is -2.37. The number of carbonyl (C=O) groups excluding carboxylic acids is 1. The highest BCUT2D eigenvalue weighted by molar-refractivity contribution is 5.85. The van der Waals surface area contributed by atoms with Crippen LogP contribution in [-0.4, -0.2) is 30.4 Å². The van der Waals surface area contributed by atoms with E-state index in [1.54, 1.807) is 0 Å². The largest absolute Gasteiger partial charge is 0.342 e. The smallest absolute Gasteiger partial charge is 0.226 e. The number of nitrogens with two attached hydrogens (primary N) is 1. The van der Waals surface area contributed by atoms with E-state index >= 15 is 0 Å². The van der Waals surface area contributed by atoms with Gasteiger partial charge in [0, 0.05) is 19.0 Å². The van der Waals surface area contributed by atoms with Gasteiger partial charge in [-0.2, -0.15) is 0 Å². The molecule has 0 radical (unpaired) electrons. The summed E-state index contributed by atoms with van der Waals surface area (Å²) in [6.07, 6.45) is 0. The molecule has 2 N–H and O–H groups in total. The monoisotopic (exact) mass is 196 g/mol. The van der Waals surface area contributed by atoms with E-state index in [2.05, 4.69) is 20.8 Å². The lowest BCUT2D eigenvalue weighted by Gasteiger charge is -2.28. The molecule has 2 rings (SSSR count). The quantitative estimate of drug-likeness (QED) is 0.706. The predicted octanol–water partition coefficient (Wildman–Crippen LogP) is 0.696. The molecule has 0 aromatic rings. The maximum Gasteiger partial charge on any atom is 0.226 e. The highest BCUT2D eigenvalue weighted by atomic mass is 16.2. The Labute approximate surface area is 85.6 Å². The van der Waals surface area contributed by atoms with E-state index in [-0.39, 0.29) is 11.3 Å².